The van der Waals surface area contributed by atoms with Crippen molar-refractivity contribution in [2.24, 2.45) is 0 Å². The van der Waals surface area contributed by atoms with Gasteiger partial charge in [-0.3, -0.25) is 9.69 Å². The molecular formula is C27H36N8O. The van der Waals surface area contributed by atoms with Crippen molar-refractivity contribution in [2.45, 2.75) is 64.1 Å². The van der Waals surface area contributed by atoms with E-state index in [1.54, 1.807) is 6.20 Å². The van der Waals surface area contributed by atoms with Crippen LogP contribution in [0.1, 0.15) is 62.0 Å². The summed E-state index contributed by atoms with van der Waals surface area (Å²) in [5.41, 5.74) is 3.01. The Bertz CT molecular complexity index is 1240. The highest BCUT2D eigenvalue weighted by Crippen LogP contribution is 2.40. The van der Waals surface area contributed by atoms with Crippen LogP contribution in [0.3, 0.4) is 0 Å². The van der Waals surface area contributed by atoms with Gasteiger partial charge in [-0.25, -0.2) is 9.97 Å². The van der Waals surface area contributed by atoms with Gasteiger partial charge in [-0.1, -0.05) is 19.3 Å². The van der Waals surface area contributed by atoms with E-state index in [-0.39, 0.29) is 11.4 Å². The molecule has 0 atom stereocenters. The second-order valence-electron chi connectivity index (χ2n) is 10.8. The maximum absolute atomic E-state index is 13.0. The average Bonchev–Trinajstić information content (AvgIpc) is 3.29. The predicted octanol–water partition coefficient (Wildman–Crippen LogP) is 3.50. The van der Waals surface area contributed by atoms with E-state index in [0.29, 0.717) is 23.4 Å². The van der Waals surface area contributed by atoms with Gasteiger partial charge in [0.25, 0.3) is 5.91 Å². The van der Waals surface area contributed by atoms with Crippen molar-refractivity contribution in [3.63, 3.8) is 0 Å². The van der Waals surface area contributed by atoms with E-state index in [2.05, 4.69) is 50.0 Å². The SMILES string of the molecule is CC(C)N1CCN(C(=O)c2ccc(Nc3ncc4cc5n(c4n3)C3(CCCCC3)CNC5)nc2)CC1. The minimum Gasteiger partial charge on any atom is -0.336 e. The molecule has 3 aromatic rings. The largest absolute Gasteiger partial charge is 0.336 e. The number of amides is 1. The lowest BCUT2D eigenvalue weighted by Gasteiger charge is -2.43. The Balaban J connectivity index is 1.19. The number of anilines is 2. The molecule has 6 rings (SSSR count). The van der Waals surface area contributed by atoms with E-state index in [9.17, 15) is 4.79 Å². The molecule has 3 aromatic heterocycles. The van der Waals surface area contributed by atoms with Crippen LogP contribution in [-0.2, 0) is 12.1 Å². The summed E-state index contributed by atoms with van der Waals surface area (Å²) in [6, 6.07) is 6.41. The van der Waals surface area contributed by atoms with Crippen molar-refractivity contribution in [1.82, 2.24) is 34.6 Å². The molecule has 2 aliphatic heterocycles. The number of hydrogen-bond acceptors (Lipinski definition) is 7. The van der Waals surface area contributed by atoms with Crippen LogP contribution in [0, 0.1) is 0 Å². The summed E-state index contributed by atoms with van der Waals surface area (Å²) in [6.07, 6.45) is 9.77. The molecule has 0 unspecified atom stereocenters. The van der Waals surface area contributed by atoms with Crippen molar-refractivity contribution in [2.75, 3.05) is 38.0 Å². The summed E-state index contributed by atoms with van der Waals surface area (Å²) >= 11 is 0. The summed E-state index contributed by atoms with van der Waals surface area (Å²) < 4.78 is 2.49. The monoisotopic (exact) mass is 488 g/mol. The van der Waals surface area contributed by atoms with Gasteiger partial charge in [-0.15, -0.1) is 0 Å². The van der Waals surface area contributed by atoms with Gasteiger partial charge in [0, 0.05) is 68.8 Å². The van der Waals surface area contributed by atoms with E-state index in [0.717, 1.165) is 50.3 Å². The van der Waals surface area contributed by atoms with Crippen LogP contribution >= 0.6 is 0 Å². The standard InChI is InChI=1S/C27H36N8O/c1-19(2)33-10-12-34(13-11-33)25(36)20-6-7-23(29-15-20)31-26-30-16-21-14-22-17-28-18-27(8-4-3-5-9-27)35(22)24(21)32-26/h6-7,14-16,19,28H,3-5,8-13,17-18H2,1-2H3,(H,29,30,31,32). The fourth-order valence-electron chi connectivity index (χ4n) is 6.21. The number of carbonyl (C=O) groups excluding carboxylic acids is 1. The molecule has 1 aliphatic carbocycles. The van der Waals surface area contributed by atoms with Gasteiger partial charge in [0.15, 0.2) is 0 Å². The van der Waals surface area contributed by atoms with Crippen LogP contribution < -0.4 is 10.6 Å². The molecule has 2 N–H and O–H groups in total. The Labute approximate surface area is 212 Å². The molecule has 5 heterocycles. The highest BCUT2D eigenvalue weighted by Gasteiger charge is 2.38. The van der Waals surface area contributed by atoms with Gasteiger partial charge in [-0.05, 0) is 44.9 Å². The van der Waals surface area contributed by atoms with Gasteiger partial charge in [0.05, 0.1) is 11.1 Å². The third-order valence-electron chi connectivity index (χ3n) is 8.22. The molecule has 9 nitrogen and oxygen atoms in total. The quantitative estimate of drug-likeness (QED) is 0.581. The van der Waals surface area contributed by atoms with Gasteiger partial charge >= 0.3 is 0 Å². The number of fused-ring (bicyclic) bond motifs is 4. The summed E-state index contributed by atoms with van der Waals surface area (Å²) in [6.45, 7) is 9.60. The van der Waals surface area contributed by atoms with Crippen molar-refractivity contribution < 1.29 is 4.79 Å². The third-order valence-corrected chi connectivity index (χ3v) is 8.22. The van der Waals surface area contributed by atoms with E-state index in [1.807, 2.05) is 23.2 Å². The molecule has 9 heteroatoms. The average molecular weight is 489 g/mol. The molecule has 190 valence electrons. The molecule has 3 aliphatic rings. The Morgan fingerprint density at radius 1 is 1.06 bits per heavy atom. The smallest absolute Gasteiger partial charge is 0.255 e. The number of nitrogens with zero attached hydrogens (tertiary/aromatic N) is 6. The molecule has 1 saturated carbocycles. The lowest BCUT2D eigenvalue weighted by molar-refractivity contribution is 0.0595. The number of carbonyl (C=O) groups is 1. The van der Waals surface area contributed by atoms with Crippen LogP contribution in [0.5, 0.6) is 0 Å². The Kier molecular flexibility index (Phi) is 6.13. The number of nitrogens with one attached hydrogen (secondary N) is 2. The van der Waals surface area contributed by atoms with Gasteiger partial charge in [-0.2, -0.15) is 4.98 Å². The Morgan fingerprint density at radius 3 is 2.58 bits per heavy atom. The molecule has 36 heavy (non-hydrogen) atoms. The van der Waals surface area contributed by atoms with E-state index in [1.165, 1.54) is 37.8 Å². The normalized spacial score (nSPS) is 20.1. The summed E-state index contributed by atoms with van der Waals surface area (Å²) in [5.74, 6) is 1.21. The third kappa shape index (κ3) is 4.24. The Morgan fingerprint density at radius 2 is 1.86 bits per heavy atom. The zero-order valence-electron chi connectivity index (χ0n) is 21.3. The van der Waals surface area contributed by atoms with Crippen LogP contribution in [0.4, 0.5) is 11.8 Å². The molecule has 1 amide bonds. The topological polar surface area (TPSA) is 91.2 Å². The number of pyridine rings is 1. The molecular weight excluding hydrogens is 452 g/mol. The van der Waals surface area contributed by atoms with Crippen molar-refractivity contribution in [3.05, 3.63) is 41.9 Å². The highest BCUT2D eigenvalue weighted by molar-refractivity contribution is 5.94. The van der Waals surface area contributed by atoms with Crippen LogP contribution in [0.15, 0.2) is 30.6 Å². The Hall–Kier alpha value is -3.04. The maximum atomic E-state index is 13.0. The number of piperazine rings is 1. The van der Waals surface area contributed by atoms with E-state index < -0.39 is 0 Å². The fourth-order valence-corrected chi connectivity index (χ4v) is 6.21. The molecule has 0 aromatic carbocycles. The van der Waals surface area contributed by atoms with Crippen LogP contribution in [0.25, 0.3) is 11.0 Å². The molecule has 1 saturated heterocycles. The first-order valence-electron chi connectivity index (χ1n) is 13.4. The maximum Gasteiger partial charge on any atom is 0.255 e. The summed E-state index contributed by atoms with van der Waals surface area (Å²) in [4.78, 5) is 31.3. The first-order valence-corrected chi connectivity index (χ1v) is 13.4. The zero-order chi connectivity index (χ0) is 24.7. The number of hydrogen-bond donors (Lipinski definition) is 2. The van der Waals surface area contributed by atoms with Crippen molar-refractivity contribution in [1.29, 1.82) is 0 Å². The minimum absolute atomic E-state index is 0.0429. The summed E-state index contributed by atoms with van der Waals surface area (Å²) in [7, 11) is 0. The summed E-state index contributed by atoms with van der Waals surface area (Å²) in [5, 5.41) is 7.97. The first kappa shape index (κ1) is 23.4. The number of aromatic nitrogens is 4. The lowest BCUT2D eigenvalue weighted by atomic mass is 9.80. The first-order chi connectivity index (χ1) is 17.5. The van der Waals surface area contributed by atoms with Crippen LogP contribution in [0.2, 0.25) is 0 Å². The predicted molar refractivity (Wildman–Crippen MR) is 140 cm³/mol. The molecule has 0 radical (unpaired) electrons. The van der Waals surface area contributed by atoms with E-state index in [4.69, 9.17) is 4.98 Å². The molecule has 0 bridgehead atoms. The van der Waals surface area contributed by atoms with Crippen molar-refractivity contribution >= 4 is 28.7 Å². The van der Waals surface area contributed by atoms with E-state index >= 15 is 0 Å². The fraction of sp³-hybridized carbons (Fsp3) is 0.556. The molecule has 2 fully saturated rings. The van der Waals surface area contributed by atoms with Gasteiger partial charge in [0.1, 0.15) is 11.5 Å². The number of rotatable bonds is 4. The van der Waals surface area contributed by atoms with Crippen molar-refractivity contribution in [3.8, 4) is 0 Å². The highest BCUT2D eigenvalue weighted by atomic mass is 16.2. The van der Waals surface area contributed by atoms with Gasteiger partial charge < -0.3 is 20.1 Å². The zero-order valence-corrected chi connectivity index (χ0v) is 21.3. The van der Waals surface area contributed by atoms with Crippen LogP contribution in [-0.4, -0.2) is 74.0 Å². The second-order valence-corrected chi connectivity index (χ2v) is 10.8. The lowest BCUT2D eigenvalue weighted by Crippen LogP contribution is -2.50. The minimum atomic E-state index is 0.0429. The second kappa shape index (κ2) is 9.44. The van der Waals surface area contributed by atoms with Gasteiger partial charge in [0.2, 0.25) is 5.95 Å². The molecule has 1 spiro atoms.